The molecule has 3 aromatic carbocycles. The maximum absolute atomic E-state index is 12.8. The van der Waals surface area contributed by atoms with Crippen molar-refractivity contribution in [3.63, 3.8) is 0 Å². The molecule has 1 unspecified atom stereocenters. The number of hydrogen-bond donors (Lipinski definition) is 3. The number of carbonyl (C=O) groups is 2. The number of aromatic hydroxyl groups is 1. The van der Waals surface area contributed by atoms with Crippen LogP contribution in [0.2, 0.25) is 0 Å². The number of para-hydroxylation sites is 1. The highest BCUT2D eigenvalue weighted by atomic mass is 16.5. The van der Waals surface area contributed by atoms with Crippen LogP contribution in [-0.4, -0.2) is 92.4 Å². The number of anilines is 1. The summed E-state index contributed by atoms with van der Waals surface area (Å²) in [6, 6.07) is 27.4. The lowest BCUT2D eigenvalue weighted by Crippen LogP contribution is -2.46. The molecule has 6 aromatic rings. The number of pyridine rings is 1. The molecule has 2 aliphatic rings. The number of aromatic nitrogens is 4. The quantitative estimate of drug-likeness (QED) is 0.0876. The molecular weight excluding hydrogens is 705 g/mol. The van der Waals surface area contributed by atoms with E-state index in [1.807, 2.05) is 28.8 Å². The van der Waals surface area contributed by atoms with Crippen molar-refractivity contribution in [1.82, 2.24) is 34.9 Å². The molecular formula is C44H48N8O4. The Bertz CT molecular complexity index is 2330. The lowest BCUT2D eigenvalue weighted by Gasteiger charge is -2.34. The number of benzene rings is 3. The van der Waals surface area contributed by atoms with Crippen LogP contribution in [-0.2, 0) is 27.3 Å². The van der Waals surface area contributed by atoms with E-state index in [1.165, 1.54) is 11.1 Å². The van der Waals surface area contributed by atoms with Gasteiger partial charge in [-0.25, -0.2) is 4.98 Å². The molecule has 12 nitrogen and oxygen atoms in total. The minimum atomic E-state index is -0.450. The highest BCUT2D eigenvalue weighted by molar-refractivity contribution is 6.09. The number of nitrogen functional groups attached to an aromatic ring is 1. The Morgan fingerprint density at radius 1 is 0.804 bits per heavy atom. The van der Waals surface area contributed by atoms with Crippen molar-refractivity contribution >= 4 is 39.6 Å². The van der Waals surface area contributed by atoms with Gasteiger partial charge in [0.25, 0.3) is 0 Å². The van der Waals surface area contributed by atoms with Gasteiger partial charge in [-0.15, -0.1) is 10.2 Å². The summed E-state index contributed by atoms with van der Waals surface area (Å²) in [5.41, 5.74) is 13.4. The van der Waals surface area contributed by atoms with Crippen LogP contribution >= 0.6 is 0 Å². The largest absolute Gasteiger partial charge is 0.507 e. The van der Waals surface area contributed by atoms with E-state index in [0.29, 0.717) is 29.9 Å². The zero-order valence-corrected chi connectivity index (χ0v) is 31.6. The van der Waals surface area contributed by atoms with Crippen LogP contribution in [0.3, 0.4) is 0 Å². The number of hydrogen-bond acceptors (Lipinski definition) is 10. The van der Waals surface area contributed by atoms with Gasteiger partial charge in [-0.1, -0.05) is 42.5 Å². The van der Waals surface area contributed by atoms with Crippen LogP contribution in [0.25, 0.3) is 44.3 Å². The van der Waals surface area contributed by atoms with Crippen molar-refractivity contribution in [2.24, 2.45) is 0 Å². The molecule has 2 aliphatic heterocycles. The molecule has 0 bridgehead atoms. The second-order valence-corrected chi connectivity index (χ2v) is 14.8. The van der Waals surface area contributed by atoms with E-state index in [2.05, 4.69) is 78.8 Å². The van der Waals surface area contributed by atoms with Gasteiger partial charge >= 0.3 is 0 Å². The standard InChI is InChI=1S/C44H48N8O4/c45-42-35(28-37(48-49-42)34-8-1-2-10-40(34)53)32-14-11-31(12-15-32)29-51-23-21-50(22-24-51)20-3-4-25-56-26-6-7-30-13-16-38-36(27-30)33-9-5-19-46-43(33)52(38)39-17-18-41(54)47-44(39)55/h1-2,5,8-16,19,27-28,39,53H,3-4,6-7,17-18,20-26,29H2,(H2,45,49)(H,47,54,55). The number of amides is 2. The highest BCUT2D eigenvalue weighted by Gasteiger charge is 2.31. The number of piperidine rings is 1. The number of ether oxygens (including phenoxy) is 1. The second-order valence-electron chi connectivity index (χ2n) is 14.8. The van der Waals surface area contributed by atoms with E-state index in [1.54, 1.807) is 18.3 Å². The van der Waals surface area contributed by atoms with E-state index in [0.717, 1.165) is 111 Å². The van der Waals surface area contributed by atoms with Crippen LogP contribution in [0.15, 0.2) is 91.1 Å². The number of unbranched alkanes of at least 4 members (excludes halogenated alkanes) is 1. The molecule has 0 aliphatic carbocycles. The summed E-state index contributed by atoms with van der Waals surface area (Å²) >= 11 is 0. The third-order valence-corrected chi connectivity index (χ3v) is 11.1. The van der Waals surface area contributed by atoms with E-state index in [-0.39, 0.29) is 17.6 Å². The molecule has 0 radical (unpaired) electrons. The number of imide groups is 1. The van der Waals surface area contributed by atoms with E-state index in [9.17, 15) is 14.7 Å². The van der Waals surface area contributed by atoms with Gasteiger partial charge < -0.3 is 25.0 Å². The normalized spacial score (nSPS) is 16.8. The van der Waals surface area contributed by atoms with Crippen molar-refractivity contribution in [2.75, 3.05) is 51.7 Å². The Hall–Kier alpha value is -5.69. The molecule has 2 amide bonds. The molecule has 56 heavy (non-hydrogen) atoms. The molecule has 288 valence electrons. The third-order valence-electron chi connectivity index (χ3n) is 11.1. The average molecular weight is 753 g/mol. The summed E-state index contributed by atoms with van der Waals surface area (Å²) in [5.74, 6) is 0.0387. The number of aryl methyl sites for hydroxylation is 1. The minimum absolute atomic E-state index is 0.160. The lowest BCUT2D eigenvalue weighted by atomic mass is 10.0. The number of nitrogens with two attached hydrogens (primary N) is 1. The van der Waals surface area contributed by atoms with Crippen molar-refractivity contribution < 1.29 is 19.4 Å². The summed E-state index contributed by atoms with van der Waals surface area (Å²) in [5, 5.41) is 23.2. The molecule has 3 aromatic heterocycles. The number of nitrogens with zero attached hydrogens (tertiary/aromatic N) is 6. The second kappa shape index (κ2) is 17.0. The first-order valence-corrected chi connectivity index (χ1v) is 19.7. The molecule has 5 heterocycles. The van der Waals surface area contributed by atoms with Crippen LogP contribution in [0.5, 0.6) is 5.75 Å². The molecule has 4 N–H and O–H groups in total. The molecule has 0 spiro atoms. The molecule has 8 rings (SSSR count). The Balaban J connectivity index is 0.737. The number of nitrogens with one attached hydrogen (secondary N) is 1. The van der Waals surface area contributed by atoms with Crippen LogP contribution < -0.4 is 11.1 Å². The fourth-order valence-electron chi connectivity index (χ4n) is 8.01. The Morgan fingerprint density at radius 2 is 1.59 bits per heavy atom. The molecule has 1 atom stereocenters. The number of phenolic OH excluding ortho intramolecular Hbond substituents is 1. The van der Waals surface area contributed by atoms with Crippen LogP contribution in [0.1, 0.15) is 49.3 Å². The van der Waals surface area contributed by atoms with Gasteiger partial charge in [-0.3, -0.25) is 19.8 Å². The van der Waals surface area contributed by atoms with Crippen LogP contribution in [0, 0.1) is 0 Å². The fourth-order valence-corrected chi connectivity index (χ4v) is 8.01. The summed E-state index contributed by atoms with van der Waals surface area (Å²) in [4.78, 5) is 34.2. The van der Waals surface area contributed by atoms with Crippen LogP contribution in [0.4, 0.5) is 5.82 Å². The number of carbonyl (C=O) groups excluding carboxylic acids is 2. The predicted molar refractivity (Wildman–Crippen MR) is 218 cm³/mol. The van der Waals surface area contributed by atoms with E-state index >= 15 is 0 Å². The maximum Gasteiger partial charge on any atom is 0.249 e. The van der Waals surface area contributed by atoms with Gasteiger partial charge in [-0.2, -0.15) is 0 Å². The molecule has 2 fully saturated rings. The van der Waals surface area contributed by atoms with Crippen molar-refractivity contribution in [1.29, 1.82) is 0 Å². The van der Waals surface area contributed by atoms with Gasteiger partial charge in [0, 0.05) is 80.5 Å². The summed E-state index contributed by atoms with van der Waals surface area (Å²) in [6.45, 7) is 7.73. The first-order chi connectivity index (χ1) is 27.4. The summed E-state index contributed by atoms with van der Waals surface area (Å²) in [6.07, 6.45) is 6.58. The van der Waals surface area contributed by atoms with Gasteiger partial charge in [0.2, 0.25) is 11.8 Å². The average Bonchev–Trinajstić information content (AvgIpc) is 3.54. The Kier molecular flexibility index (Phi) is 11.3. The smallest absolute Gasteiger partial charge is 0.249 e. The number of rotatable bonds is 14. The summed E-state index contributed by atoms with van der Waals surface area (Å²) < 4.78 is 8.02. The van der Waals surface area contributed by atoms with Gasteiger partial charge in [0.1, 0.15) is 17.4 Å². The van der Waals surface area contributed by atoms with Crippen molar-refractivity contribution in [3.05, 3.63) is 102 Å². The van der Waals surface area contributed by atoms with Gasteiger partial charge in [0.05, 0.1) is 11.2 Å². The SMILES string of the molecule is Nc1nnc(-c2ccccc2O)cc1-c1ccc(CN2CCN(CCCCOCCCc3ccc4c(c3)c3cccnc3n4C3CCC(=O)NC3=O)CC2)cc1. The third kappa shape index (κ3) is 8.28. The first kappa shape index (κ1) is 37.2. The minimum Gasteiger partial charge on any atom is -0.507 e. The fraction of sp³-hybridized carbons (Fsp3) is 0.341. The highest BCUT2D eigenvalue weighted by Crippen LogP contribution is 2.35. The molecule has 0 saturated carbocycles. The molecule has 2 saturated heterocycles. The van der Waals surface area contributed by atoms with Gasteiger partial charge in [0.15, 0.2) is 5.82 Å². The Morgan fingerprint density at radius 3 is 2.41 bits per heavy atom. The Labute approximate surface area is 326 Å². The topological polar surface area (TPSA) is 152 Å². The number of fused-ring (bicyclic) bond motifs is 3. The zero-order chi connectivity index (χ0) is 38.4. The maximum atomic E-state index is 12.8. The van der Waals surface area contributed by atoms with Gasteiger partial charge in [-0.05, 0) is 97.8 Å². The number of piperazine rings is 1. The zero-order valence-electron chi connectivity index (χ0n) is 31.6. The predicted octanol–water partition coefficient (Wildman–Crippen LogP) is 6.13. The monoisotopic (exact) mass is 752 g/mol. The summed E-state index contributed by atoms with van der Waals surface area (Å²) in [7, 11) is 0. The first-order valence-electron chi connectivity index (χ1n) is 19.7. The molecule has 12 heteroatoms. The van der Waals surface area contributed by atoms with E-state index < -0.39 is 6.04 Å². The van der Waals surface area contributed by atoms with Crippen molar-refractivity contribution in [3.8, 4) is 28.1 Å². The van der Waals surface area contributed by atoms with E-state index in [4.69, 9.17) is 10.5 Å². The van der Waals surface area contributed by atoms with Crippen molar-refractivity contribution in [2.45, 2.75) is 51.1 Å². The number of phenols is 1. The lowest BCUT2D eigenvalue weighted by molar-refractivity contribution is -0.135.